The molecule has 1 saturated heterocycles. The van der Waals surface area contributed by atoms with Crippen LogP contribution >= 0.6 is 34.2 Å². The first-order valence-electron chi connectivity index (χ1n) is 5.58. The smallest absolute Gasteiger partial charge is 0.250 e. The van der Waals surface area contributed by atoms with Crippen LogP contribution in [0.2, 0.25) is 5.02 Å². The summed E-state index contributed by atoms with van der Waals surface area (Å²) in [7, 11) is 0. The van der Waals surface area contributed by atoms with Gasteiger partial charge in [-0.2, -0.15) is 0 Å². The van der Waals surface area contributed by atoms with Crippen molar-refractivity contribution >= 4 is 45.8 Å². The Morgan fingerprint density at radius 3 is 2.94 bits per heavy atom. The van der Waals surface area contributed by atoms with Gasteiger partial charge in [0.25, 0.3) is 0 Å². The predicted molar refractivity (Wildman–Crippen MR) is 80.0 cm³/mol. The van der Waals surface area contributed by atoms with Gasteiger partial charge in [-0.3, -0.25) is 4.79 Å². The maximum absolute atomic E-state index is 11.7. The standard InChI is InChI=1S/C12H14ClIN2O2/c1-12(6-15-7-12)18-5-11(17)16-10-4-8(14)2-3-9(10)13/h2-4,15H,5-7H2,1H3,(H,16,17). The van der Waals surface area contributed by atoms with Crippen molar-refractivity contribution in [2.75, 3.05) is 25.0 Å². The molecule has 1 aliphatic rings. The van der Waals surface area contributed by atoms with Crippen LogP contribution in [-0.2, 0) is 9.53 Å². The monoisotopic (exact) mass is 380 g/mol. The zero-order chi connectivity index (χ0) is 13.2. The molecule has 0 saturated carbocycles. The van der Waals surface area contributed by atoms with Gasteiger partial charge in [0.1, 0.15) is 6.61 Å². The van der Waals surface area contributed by atoms with Crippen molar-refractivity contribution in [1.29, 1.82) is 0 Å². The van der Waals surface area contributed by atoms with E-state index in [1.165, 1.54) is 0 Å². The minimum Gasteiger partial charge on any atom is -0.363 e. The Balaban J connectivity index is 1.88. The summed E-state index contributed by atoms with van der Waals surface area (Å²) in [5.41, 5.74) is 0.403. The van der Waals surface area contributed by atoms with Gasteiger partial charge in [-0.1, -0.05) is 11.6 Å². The third kappa shape index (κ3) is 3.57. The van der Waals surface area contributed by atoms with Crippen molar-refractivity contribution in [1.82, 2.24) is 5.32 Å². The van der Waals surface area contributed by atoms with E-state index in [0.717, 1.165) is 16.7 Å². The van der Waals surface area contributed by atoms with Gasteiger partial charge >= 0.3 is 0 Å². The molecule has 2 rings (SSSR count). The first kappa shape index (κ1) is 14.0. The second kappa shape index (κ2) is 5.73. The summed E-state index contributed by atoms with van der Waals surface area (Å²) in [4.78, 5) is 11.7. The molecule has 1 fully saturated rings. The highest BCUT2D eigenvalue weighted by Crippen LogP contribution is 2.24. The van der Waals surface area contributed by atoms with Crippen LogP contribution in [0, 0.1) is 3.57 Å². The minimum atomic E-state index is -0.216. The lowest BCUT2D eigenvalue weighted by atomic mass is 10.0. The van der Waals surface area contributed by atoms with Gasteiger partial charge in [0.2, 0.25) is 5.91 Å². The molecule has 0 unspecified atom stereocenters. The van der Waals surface area contributed by atoms with Crippen LogP contribution in [0.4, 0.5) is 5.69 Å². The maximum Gasteiger partial charge on any atom is 0.250 e. The van der Waals surface area contributed by atoms with Gasteiger partial charge in [0.15, 0.2) is 0 Å². The van der Waals surface area contributed by atoms with Crippen molar-refractivity contribution in [3.63, 3.8) is 0 Å². The summed E-state index contributed by atoms with van der Waals surface area (Å²) in [5, 5.41) is 6.39. The van der Waals surface area contributed by atoms with E-state index < -0.39 is 0 Å². The average Bonchev–Trinajstić information content (AvgIpc) is 2.29. The van der Waals surface area contributed by atoms with Crippen molar-refractivity contribution < 1.29 is 9.53 Å². The summed E-state index contributed by atoms with van der Waals surface area (Å²) < 4.78 is 6.57. The lowest BCUT2D eigenvalue weighted by Gasteiger charge is -2.38. The SMILES string of the molecule is CC1(OCC(=O)Nc2cc(I)ccc2Cl)CNC1. The minimum absolute atomic E-state index is 0.0416. The molecule has 0 spiro atoms. The summed E-state index contributed by atoms with van der Waals surface area (Å²) in [5.74, 6) is -0.188. The zero-order valence-corrected chi connectivity index (χ0v) is 12.8. The van der Waals surface area contributed by atoms with Crippen LogP contribution in [0.1, 0.15) is 6.92 Å². The van der Waals surface area contributed by atoms with Crippen molar-refractivity contribution in [3.05, 3.63) is 26.8 Å². The van der Waals surface area contributed by atoms with Gasteiger partial charge in [0, 0.05) is 16.7 Å². The number of halogens is 2. The maximum atomic E-state index is 11.7. The topological polar surface area (TPSA) is 50.4 Å². The number of amides is 1. The summed E-state index contributed by atoms with van der Waals surface area (Å²) in [6.45, 7) is 3.59. The molecular weight excluding hydrogens is 367 g/mol. The number of benzene rings is 1. The van der Waals surface area contributed by atoms with E-state index in [-0.39, 0.29) is 18.1 Å². The highest BCUT2D eigenvalue weighted by atomic mass is 127. The first-order chi connectivity index (χ1) is 8.48. The lowest BCUT2D eigenvalue weighted by molar-refractivity contribution is -0.130. The van der Waals surface area contributed by atoms with E-state index >= 15 is 0 Å². The molecule has 1 aromatic carbocycles. The normalized spacial score (nSPS) is 17.1. The zero-order valence-electron chi connectivity index (χ0n) is 9.93. The highest BCUT2D eigenvalue weighted by Gasteiger charge is 2.33. The molecular formula is C12H14ClIN2O2. The molecule has 0 radical (unpaired) electrons. The van der Waals surface area contributed by atoms with Gasteiger partial charge in [-0.25, -0.2) is 0 Å². The molecule has 98 valence electrons. The Hall–Kier alpha value is -0.370. The molecule has 18 heavy (non-hydrogen) atoms. The summed E-state index contributed by atoms with van der Waals surface area (Å²) >= 11 is 8.17. The fourth-order valence-corrected chi connectivity index (χ4v) is 2.25. The fourth-order valence-electron chi connectivity index (χ4n) is 1.60. The number of carbonyl (C=O) groups excluding carboxylic acids is 1. The molecule has 2 N–H and O–H groups in total. The molecule has 1 aliphatic heterocycles. The Morgan fingerprint density at radius 1 is 1.61 bits per heavy atom. The number of nitrogens with one attached hydrogen (secondary N) is 2. The third-order valence-corrected chi connectivity index (χ3v) is 3.75. The van der Waals surface area contributed by atoms with Crippen molar-refractivity contribution in [2.45, 2.75) is 12.5 Å². The van der Waals surface area contributed by atoms with E-state index in [4.69, 9.17) is 16.3 Å². The predicted octanol–water partition coefficient (Wildman–Crippen LogP) is 2.26. The average molecular weight is 381 g/mol. The number of ether oxygens (including phenoxy) is 1. The second-order valence-electron chi connectivity index (χ2n) is 4.51. The second-order valence-corrected chi connectivity index (χ2v) is 6.17. The number of hydrogen-bond donors (Lipinski definition) is 2. The van der Waals surface area contributed by atoms with E-state index in [0.29, 0.717) is 10.7 Å². The molecule has 6 heteroatoms. The molecule has 1 amide bonds. The van der Waals surface area contributed by atoms with Crippen molar-refractivity contribution in [2.24, 2.45) is 0 Å². The number of anilines is 1. The molecule has 0 atom stereocenters. The van der Waals surface area contributed by atoms with Crippen LogP contribution < -0.4 is 10.6 Å². The van der Waals surface area contributed by atoms with Crippen LogP contribution in [0.25, 0.3) is 0 Å². The Labute approximate surface area is 125 Å². The number of carbonyl (C=O) groups is 1. The fraction of sp³-hybridized carbons (Fsp3) is 0.417. The number of rotatable bonds is 4. The largest absolute Gasteiger partial charge is 0.363 e. The molecule has 4 nitrogen and oxygen atoms in total. The molecule has 1 aromatic rings. The van der Waals surface area contributed by atoms with Crippen LogP contribution in [0.3, 0.4) is 0 Å². The van der Waals surface area contributed by atoms with Gasteiger partial charge in [-0.05, 0) is 47.7 Å². The Bertz CT molecular complexity index is 463. The van der Waals surface area contributed by atoms with Crippen LogP contribution in [0.5, 0.6) is 0 Å². The Morgan fingerprint density at radius 2 is 2.33 bits per heavy atom. The molecule has 0 aromatic heterocycles. The van der Waals surface area contributed by atoms with Gasteiger partial charge in [0.05, 0.1) is 16.3 Å². The number of hydrogen-bond acceptors (Lipinski definition) is 3. The lowest BCUT2D eigenvalue weighted by Crippen LogP contribution is -2.59. The van der Waals surface area contributed by atoms with Crippen LogP contribution in [-0.4, -0.2) is 31.2 Å². The molecule has 1 heterocycles. The van der Waals surface area contributed by atoms with E-state index in [1.807, 2.05) is 19.1 Å². The highest BCUT2D eigenvalue weighted by molar-refractivity contribution is 14.1. The summed E-state index contributed by atoms with van der Waals surface area (Å²) in [6, 6.07) is 5.47. The van der Waals surface area contributed by atoms with Crippen molar-refractivity contribution in [3.8, 4) is 0 Å². The van der Waals surface area contributed by atoms with E-state index in [1.54, 1.807) is 6.07 Å². The third-order valence-electron chi connectivity index (χ3n) is 2.75. The quantitative estimate of drug-likeness (QED) is 0.788. The molecule has 0 bridgehead atoms. The van der Waals surface area contributed by atoms with E-state index in [9.17, 15) is 4.79 Å². The van der Waals surface area contributed by atoms with E-state index in [2.05, 4.69) is 33.2 Å². The molecule has 0 aliphatic carbocycles. The van der Waals surface area contributed by atoms with Gasteiger partial charge in [-0.15, -0.1) is 0 Å². The van der Waals surface area contributed by atoms with Gasteiger partial charge < -0.3 is 15.4 Å². The Kier molecular flexibility index (Phi) is 4.47. The van der Waals surface area contributed by atoms with Crippen LogP contribution in [0.15, 0.2) is 18.2 Å². The summed E-state index contributed by atoms with van der Waals surface area (Å²) in [6.07, 6.45) is 0. The first-order valence-corrected chi connectivity index (χ1v) is 7.04.